The monoisotopic (exact) mass is 389 g/mol. The van der Waals surface area contributed by atoms with E-state index in [0.717, 1.165) is 16.5 Å². The van der Waals surface area contributed by atoms with Gasteiger partial charge >= 0.3 is 5.63 Å². The molecule has 2 aromatic carbocycles. The fraction of sp³-hybridized carbons (Fsp3) is 0.200. The second-order valence-corrected chi connectivity index (χ2v) is 7.01. The molecule has 6 heteroatoms. The Labute approximate surface area is 160 Å². The van der Waals surface area contributed by atoms with Gasteiger partial charge in [-0.2, -0.15) is 0 Å². The van der Waals surface area contributed by atoms with Crippen molar-refractivity contribution < 1.29 is 9.21 Å². The molecule has 3 aromatic rings. The number of aryl methyl sites for hydroxylation is 2. The Bertz CT molecular complexity index is 1060. The minimum Gasteiger partial charge on any atom is -0.423 e. The lowest BCUT2D eigenvalue weighted by Crippen LogP contribution is -2.16. The highest BCUT2D eigenvalue weighted by Gasteiger charge is 2.14. The van der Waals surface area contributed by atoms with Crippen LogP contribution in [0.25, 0.3) is 11.0 Å². The van der Waals surface area contributed by atoms with Crippen LogP contribution in [0.1, 0.15) is 23.1 Å². The summed E-state index contributed by atoms with van der Waals surface area (Å²) in [4.78, 5) is 24.5. The Kier molecular flexibility index (Phi) is 5.35. The van der Waals surface area contributed by atoms with Gasteiger partial charge in [0.05, 0.1) is 10.7 Å². The smallest absolute Gasteiger partial charge is 0.339 e. The zero-order valence-electron chi connectivity index (χ0n) is 14.4. The Morgan fingerprint density at radius 3 is 2.65 bits per heavy atom. The molecule has 1 N–H and O–H groups in total. The SMILES string of the molecule is Cc1ccc2c(C)c(CCC(=O)Nc3cc(Cl)ccc3Cl)c(=O)oc2c1. The lowest BCUT2D eigenvalue weighted by molar-refractivity contribution is -0.116. The lowest BCUT2D eigenvalue weighted by atomic mass is 10.0. The van der Waals surface area contributed by atoms with Crippen molar-refractivity contribution in [3.63, 3.8) is 0 Å². The van der Waals surface area contributed by atoms with E-state index in [1.54, 1.807) is 18.2 Å². The van der Waals surface area contributed by atoms with E-state index in [2.05, 4.69) is 5.32 Å². The molecule has 0 aliphatic rings. The van der Waals surface area contributed by atoms with Crippen LogP contribution in [-0.4, -0.2) is 5.91 Å². The summed E-state index contributed by atoms with van der Waals surface area (Å²) >= 11 is 12.0. The minimum atomic E-state index is -0.408. The maximum Gasteiger partial charge on any atom is 0.339 e. The molecule has 1 aromatic heterocycles. The molecule has 26 heavy (non-hydrogen) atoms. The molecule has 0 atom stereocenters. The van der Waals surface area contributed by atoms with Crippen molar-refractivity contribution in [2.75, 3.05) is 5.32 Å². The maximum absolute atomic E-state index is 12.3. The van der Waals surface area contributed by atoms with Crippen LogP contribution in [0.4, 0.5) is 5.69 Å². The fourth-order valence-corrected chi connectivity index (χ4v) is 3.17. The molecule has 0 saturated carbocycles. The van der Waals surface area contributed by atoms with Gasteiger partial charge in [-0.25, -0.2) is 4.79 Å². The summed E-state index contributed by atoms with van der Waals surface area (Å²) in [6, 6.07) is 10.6. The van der Waals surface area contributed by atoms with Crippen molar-refractivity contribution in [1.82, 2.24) is 0 Å². The Balaban J connectivity index is 1.79. The van der Waals surface area contributed by atoms with Gasteiger partial charge in [-0.15, -0.1) is 0 Å². The molecule has 0 unspecified atom stereocenters. The van der Waals surface area contributed by atoms with Gasteiger partial charge in [0.15, 0.2) is 0 Å². The summed E-state index contributed by atoms with van der Waals surface area (Å²) in [6.07, 6.45) is 0.411. The molecule has 0 aliphatic carbocycles. The van der Waals surface area contributed by atoms with E-state index in [1.807, 2.05) is 32.0 Å². The zero-order valence-corrected chi connectivity index (χ0v) is 15.9. The van der Waals surface area contributed by atoms with Crippen LogP contribution in [0.3, 0.4) is 0 Å². The van der Waals surface area contributed by atoms with E-state index < -0.39 is 5.63 Å². The van der Waals surface area contributed by atoms with Gasteiger partial charge in [-0.3, -0.25) is 4.79 Å². The number of anilines is 1. The predicted molar refractivity (Wildman–Crippen MR) is 105 cm³/mol. The van der Waals surface area contributed by atoms with Gasteiger partial charge in [0.25, 0.3) is 0 Å². The highest BCUT2D eigenvalue weighted by Crippen LogP contribution is 2.26. The van der Waals surface area contributed by atoms with Crippen molar-refractivity contribution in [2.45, 2.75) is 26.7 Å². The quantitative estimate of drug-likeness (QED) is 0.616. The van der Waals surface area contributed by atoms with E-state index in [0.29, 0.717) is 26.9 Å². The molecule has 3 rings (SSSR count). The third kappa shape index (κ3) is 3.92. The first-order valence-electron chi connectivity index (χ1n) is 8.13. The number of hydrogen-bond donors (Lipinski definition) is 1. The first-order valence-corrected chi connectivity index (χ1v) is 8.88. The third-order valence-corrected chi connectivity index (χ3v) is 4.81. The first-order chi connectivity index (χ1) is 12.3. The second kappa shape index (κ2) is 7.52. The number of carbonyl (C=O) groups is 1. The van der Waals surface area contributed by atoms with E-state index in [4.69, 9.17) is 27.6 Å². The van der Waals surface area contributed by atoms with Crippen LogP contribution in [0.2, 0.25) is 10.0 Å². The number of carbonyl (C=O) groups excluding carboxylic acids is 1. The average molecular weight is 390 g/mol. The molecule has 0 aliphatic heterocycles. The third-order valence-electron chi connectivity index (χ3n) is 4.25. The van der Waals surface area contributed by atoms with Crippen molar-refractivity contribution >= 4 is 45.8 Å². The number of fused-ring (bicyclic) bond motifs is 1. The van der Waals surface area contributed by atoms with Gasteiger partial charge < -0.3 is 9.73 Å². The number of benzene rings is 2. The molecule has 0 spiro atoms. The van der Waals surface area contributed by atoms with Crippen molar-refractivity contribution in [3.8, 4) is 0 Å². The molecule has 134 valence electrons. The van der Waals surface area contributed by atoms with Gasteiger partial charge in [0.1, 0.15) is 5.58 Å². The second-order valence-electron chi connectivity index (χ2n) is 6.17. The van der Waals surface area contributed by atoms with Crippen LogP contribution < -0.4 is 10.9 Å². The molecule has 0 bridgehead atoms. The summed E-state index contributed by atoms with van der Waals surface area (Å²) < 4.78 is 5.41. The van der Waals surface area contributed by atoms with Crippen molar-refractivity contribution in [3.05, 3.63) is 73.6 Å². The topological polar surface area (TPSA) is 59.3 Å². The van der Waals surface area contributed by atoms with E-state index in [9.17, 15) is 9.59 Å². The van der Waals surface area contributed by atoms with E-state index >= 15 is 0 Å². The lowest BCUT2D eigenvalue weighted by Gasteiger charge is -2.10. The van der Waals surface area contributed by atoms with Gasteiger partial charge in [0.2, 0.25) is 5.91 Å². The van der Waals surface area contributed by atoms with Gasteiger partial charge in [-0.05, 0) is 55.7 Å². The molecule has 1 amide bonds. The number of rotatable bonds is 4. The predicted octanol–water partition coefficient (Wildman–Crippen LogP) is 5.29. The summed E-state index contributed by atoms with van der Waals surface area (Å²) in [5.74, 6) is -0.253. The summed E-state index contributed by atoms with van der Waals surface area (Å²) in [6.45, 7) is 3.81. The van der Waals surface area contributed by atoms with E-state index in [1.165, 1.54) is 0 Å². The summed E-state index contributed by atoms with van der Waals surface area (Å²) in [5.41, 5.74) is 2.96. The molecule has 0 fully saturated rings. The number of amides is 1. The molecule has 4 nitrogen and oxygen atoms in total. The van der Waals surface area contributed by atoms with Crippen LogP contribution in [0.5, 0.6) is 0 Å². The molecule has 1 heterocycles. The van der Waals surface area contributed by atoms with Crippen LogP contribution >= 0.6 is 23.2 Å². The zero-order chi connectivity index (χ0) is 18.8. The number of nitrogens with one attached hydrogen (secondary N) is 1. The van der Waals surface area contributed by atoms with Crippen LogP contribution in [0.15, 0.2) is 45.6 Å². The Hall–Kier alpha value is -2.30. The van der Waals surface area contributed by atoms with Crippen molar-refractivity contribution in [1.29, 1.82) is 0 Å². The molecule has 0 radical (unpaired) electrons. The standard InChI is InChI=1S/C20H17Cl2NO3/c1-11-3-5-14-12(2)15(20(25)26-18(14)9-11)6-8-19(24)23-17-10-13(21)4-7-16(17)22/h3-5,7,9-10H,6,8H2,1-2H3,(H,23,24). The highest BCUT2D eigenvalue weighted by atomic mass is 35.5. The fourth-order valence-electron chi connectivity index (χ4n) is 2.84. The van der Waals surface area contributed by atoms with E-state index in [-0.39, 0.29) is 18.7 Å². The number of hydrogen-bond acceptors (Lipinski definition) is 3. The van der Waals surface area contributed by atoms with Crippen LogP contribution in [0, 0.1) is 13.8 Å². The van der Waals surface area contributed by atoms with Crippen LogP contribution in [-0.2, 0) is 11.2 Å². The minimum absolute atomic E-state index is 0.131. The average Bonchev–Trinajstić information content (AvgIpc) is 2.57. The summed E-state index contributed by atoms with van der Waals surface area (Å²) in [7, 11) is 0. The molecule has 0 saturated heterocycles. The Morgan fingerprint density at radius 2 is 1.88 bits per heavy atom. The maximum atomic E-state index is 12.3. The first kappa shape index (κ1) is 18.5. The molecular formula is C20H17Cl2NO3. The summed E-state index contributed by atoms with van der Waals surface area (Å²) in [5, 5.41) is 4.48. The normalized spacial score (nSPS) is 10.9. The molecular weight excluding hydrogens is 373 g/mol. The number of halogens is 2. The Morgan fingerprint density at radius 1 is 1.12 bits per heavy atom. The van der Waals surface area contributed by atoms with Gasteiger partial charge in [-0.1, -0.05) is 35.3 Å². The highest BCUT2D eigenvalue weighted by molar-refractivity contribution is 6.35. The van der Waals surface area contributed by atoms with Gasteiger partial charge in [0, 0.05) is 22.4 Å². The van der Waals surface area contributed by atoms with Crippen molar-refractivity contribution in [2.24, 2.45) is 0 Å². The largest absolute Gasteiger partial charge is 0.423 e.